The Kier molecular flexibility index (Phi) is 3.68. The van der Waals surface area contributed by atoms with Gasteiger partial charge in [0.15, 0.2) is 5.69 Å². The van der Waals surface area contributed by atoms with Crippen molar-refractivity contribution in [2.75, 3.05) is 31.2 Å². The first-order chi connectivity index (χ1) is 9.33. The van der Waals surface area contributed by atoms with Crippen molar-refractivity contribution in [3.05, 3.63) is 11.8 Å². The van der Waals surface area contributed by atoms with Gasteiger partial charge in [-0.2, -0.15) is 0 Å². The molecule has 1 N–H and O–H groups in total. The number of nitrogens with one attached hydrogen (secondary N) is 1. The SMILES string of the molecule is O=C(NC1CCCC1)c1cc(N2CCOCC2)on1. The molecule has 2 fully saturated rings. The van der Waals surface area contributed by atoms with Crippen molar-refractivity contribution in [1.82, 2.24) is 10.5 Å². The van der Waals surface area contributed by atoms with Crippen LogP contribution in [0.15, 0.2) is 10.6 Å². The van der Waals surface area contributed by atoms with Crippen LogP contribution in [0.2, 0.25) is 0 Å². The van der Waals surface area contributed by atoms with Crippen molar-refractivity contribution >= 4 is 11.8 Å². The molecule has 0 bridgehead atoms. The Balaban J connectivity index is 1.61. The number of morpholine rings is 1. The summed E-state index contributed by atoms with van der Waals surface area (Å²) in [5.74, 6) is 0.523. The van der Waals surface area contributed by atoms with Gasteiger partial charge in [-0.15, -0.1) is 0 Å². The standard InChI is InChI=1S/C13H19N3O3/c17-13(14-10-3-1-2-4-10)11-9-12(19-15-11)16-5-7-18-8-6-16/h9-10H,1-8H2,(H,14,17). The molecule has 1 aromatic heterocycles. The highest BCUT2D eigenvalue weighted by atomic mass is 16.5. The molecule has 3 rings (SSSR count). The molecule has 0 radical (unpaired) electrons. The monoisotopic (exact) mass is 265 g/mol. The van der Waals surface area contributed by atoms with Crippen LogP contribution in [0, 0.1) is 0 Å². The summed E-state index contributed by atoms with van der Waals surface area (Å²) in [6.07, 6.45) is 4.53. The lowest BCUT2D eigenvalue weighted by molar-refractivity contribution is 0.0928. The lowest BCUT2D eigenvalue weighted by Gasteiger charge is -2.25. The van der Waals surface area contributed by atoms with Gasteiger partial charge in [-0.25, -0.2) is 0 Å². The van der Waals surface area contributed by atoms with E-state index in [1.54, 1.807) is 6.07 Å². The highest BCUT2D eigenvalue weighted by Gasteiger charge is 2.22. The topological polar surface area (TPSA) is 67.6 Å². The third-order valence-corrected chi connectivity index (χ3v) is 3.74. The fourth-order valence-electron chi connectivity index (χ4n) is 2.63. The van der Waals surface area contributed by atoms with Gasteiger partial charge in [-0.05, 0) is 12.8 Å². The van der Waals surface area contributed by atoms with E-state index in [0.717, 1.165) is 25.9 Å². The number of carbonyl (C=O) groups is 1. The second-order valence-corrected chi connectivity index (χ2v) is 5.10. The minimum atomic E-state index is -0.129. The van der Waals surface area contributed by atoms with Crippen molar-refractivity contribution in [3.63, 3.8) is 0 Å². The van der Waals surface area contributed by atoms with Gasteiger partial charge in [0.2, 0.25) is 5.88 Å². The molecule has 2 aliphatic rings. The molecule has 1 saturated carbocycles. The van der Waals surface area contributed by atoms with E-state index in [1.165, 1.54) is 12.8 Å². The number of hydrogen-bond donors (Lipinski definition) is 1. The summed E-state index contributed by atoms with van der Waals surface area (Å²) in [6.45, 7) is 2.92. The summed E-state index contributed by atoms with van der Waals surface area (Å²) >= 11 is 0. The van der Waals surface area contributed by atoms with Crippen molar-refractivity contribution < 1.29 is 14.1 Å². The maximum absolute atomic E-state index is 12.0. The molecule has 1 saturated heterocycles. The summed E-state index contributed by atoms with van der Waals surface area (Å²) in [4.78, 5) is 14.1. The lowest BCUT2D eigenvalue weighted by Crippen LogP contribution is -2.36. The predicted octanol–water partition coefficient (Wildman–Crippen LogP) is 1.18. The molecule has 0 unspecified atom stereocenters. The van der Waals surface area contributed by atoms with Gasteiger partial charge in [0.1, 0.15) is 0 Å². The molecule has 0 spiro atoms. The molecule has 0 atom stereocenters. The Labute approximate surface area is 112 Å². The molecule has 6 nitrogen and oxygen atoms in total. The van der Waals surface area contributed by atoms with Crippen LogP contribution >= 0.6 is 0 Å². The Hall–Kier alpha value is -1.56. The number of rotatable bonds is 3. The van der Waals surface area contributed by atoms with Gasteiger partial charge < -0.3 is 19.5 Å². The molecule has 2 heterocycles. The molecule has 1 amide bonds. The first kappa shape index (κ1) is 12.5. The molecule has 6 heteroatoms. The minimum Gasteiger partial charge on any atom is -0.378 e. The van der Waals surface area contributed by atoms with E-state index in [9.17, 15) is 4.79 Å². The van der Waals surface area contributed by atoms with Crippen LogP contribution in [0.3, 0.4) is 0 Å². The smallest absolute Gasteiger partial charge is 0.273 e. The normalized spacial score (nSPS) is 20.7. The van der Waals surface area contributed by atoms with Crippen LogP contribution in [0.1, 0.15) is 36.2 Å². The van der Waals surface area contributed by atoms with Crippen LogP contribution in [0.25, 0.3) is 0 Å². The Morgan fingerprint density at radius 2 is 2.05 bits per heavy atom. The first-order valence-electron chi connectivity index (χ1n) is 6.93. The van der Waals surface area contributed by atoms with Crippen molar-refractivity contribution in [2.24, 2.45) is 0 Å². The van der Waals surface area contributed by atoms with E-state index >= 15 is 0 Å². The summed E-state index contributed by atoms with van der Waals surface area (Å²) in [7, 11) is 0. The van der Waals surface area contributed by atoms with Crippen LogP contribution in [-0.4, -0.2) is 43.4 Å². The van der Waals surface area contributed by atoms with Crippen LogP contribution in [0.4, 0.5) is 5.88 Å². The van der Waals surface area contributed by atoms with Crippen LogP contribution < -0.4 is 10.2 Å². The highest BCUT2D eigenvalue weighted by molar-refractivity contribution is 5.93. The molecule has 0 aromatic carbocycles. The third kappa shape index (κ3) is 2.89. The zero-order chi connectivity index (χ0) is 13.1. The molecular formula is C13H19N3O3. The molecule has 1 aliphatic heterocycles. The zero-order valence-electron chi connectivity index (χ0n) is 10.9. The number of ether oxygens (including phenoxy) is 1. The fourth-order valence-corrected chi connectivity index (χ4v) is 2.63. The average Bonchev–Trinajstić information content (AvgIpc) is 3.10. The molecule has 19 heavy (non-hydrogen) atoms. The van der Waals surface area contributed by atoms with Crippen molar-refractivity contribution in [2.45, 2.75) is 31.7 Å². The van der Waals surface area contributed by atoms with E-state index in [4.69, 9.17) is 9.26 Å². The summed E-state index contributed by atoms with van der Waals surface area (Å²) in [5.41, 5.74) is 0.369. The maximum atomic E-state index is 12.0. The van der Waals surface area contributed by atoms with E-state index in [2.05, 4.69) is 10.5 Å². The molecule has 104 valence electrons. The van der Waals surface area contributed by atoms with Gasteiger partial charge in [0, 0.05) is 25.2 Å². The van der Waals surface area contributed by atoms with E-state index in [-0.39, 0.29) is 5.91 Å². The quantitative estimate of drug-likeness (QED) is 0.889. The van der Waals surface area contributed by atoms with Gasteiger partial charge in [0.25, 0.3) is 5.91 Å². The fraction of sp³-hybridized carbons (Fsp3) is 0.692. The maximum Gasteiger partial charge on any atom is 0.273 e. The minimum absolute atomic E-state index is 0.129. The Morgan fingerprint density at radius 3 is 2.79 bits per heavy atom. The second kappa shape index (κ2) is 5.61. The predicted molar refractivity (Wildman–Crippen MR) is 69.3 cm³/mol. The zero-order valence-corrected chi connectivity index (χ0v) is 10.9. The molecular weight excluding hydrogens is 246 g/mol. The van der Waals surface area contributed by atoms with Gasteiger partial charge in [-0.3, -0.25) is 4.79 Å². The summed E-state index contributed by atoms with van der Waals surface area (Å²) in [6, 6.07) is 2.02. The van der Waals surface area contributed by atoms with Crippen molar-refractivity contribution in [1.29, 1.82) is 0 Å². The van der Waals surface area contributed by atoms with Gasteiger partial charge >= 0.3 is 0 Å². The van der Waals surface area contributed by atoms with Crippen molar-refractivity contribution in [3.8, 4) is 0 Å². The van der Waals surface area contributed by atoms with Crippen LogP contribution in [0.5, 0.6) is 0 Å². The Morgan fingerprint density at radius 1 is 1.32 bits per heavy atom. The number of aromatic nitrogens is 1. The number of amides is 1. The largest absolute Gasteiger partial charge is 0.378 e. The van der Waals surface area contributed by atoms with Crippen LogP contribution in [-0.2, 0) is 4.74 Å². The number of hydrogen-bond acceptors (Lipinski definition) is 5. The summed E-state index contributed by atoms with van der Waals surface area (Å²) in [5, 5.41) is 6.87. The summed E-state index contributed by atoms with van der Waals surface area (Å²) < 4.78 is 10.5. The van der Waals surface area contributed by atoms with Gasteiger partial charge in [-0.1, -0.05) is 18.0 Å². The number of nitrogens with zero attached hydrogens (tertiary/aromatic N) is 2. The van der Waals surface area contributed by atoms with Gasteiger partial charge in [0.05, 0.1) is 13.2 Å². The average molecular weight is 265 g/mol. The Bertz CT molecular complexity index is 434. The van der Waals surface area contributed by atoms with E-state index in [1.807, 2.05) is 4.90 Å². The lowest BCUT2D eigenvalue weighted by atomic mass is 10.2. The van der Waals surface area contributed by atoms with E-state index < -0.39 is 0 Å². The van der Waals surface area contributed by atoms with E-state index in [0.29, 0.717) is 30.8 Å². The highest BCUT2D eigenvalue weighted by Crippen LogP contribution is 2.20. The second-order valence-electron chi connectivity index (χ2n) is 5.10. The first-order valence-corrected chi connectivity index (χ1v) is 6.93. The molecule has 1 aromatic rings. The number of anilines is 1. The number of carbonyl (C=O) groups excluding carboxylic acids is 1. The molecule has 1 aliphatic carbocycles. The third-order valence-electron chi connectivity index (χ3n) is 3.74.